The molecule has 1 aliphatic heterocycles. The third-order valence-electron chi connectivity index (χ3n) is 3.32. The van der Waals surface area contributed by atoms with Crippen LogP contribution in [-0.4, -0.2) is 34.5 Å². The predicted molar refractivity (Wildman–Crippen MR) is 74.2 cm³/mol. The molecule has 0 aliphatic carbocycles. The van der Waals surface area contributed by atoms with E-state index in [1.54, 1.807) is 24.3 Å². The zero-order valence-electron chi connectivity index (χ0n) is 10.9. The van der Waals surface area contributed by atoms with Crippen LogP contribution in [0.2, 0.25) is 0 Å². The van der Waals surface area contributed by atoms with Gasteiger partial charge in [-0.25, -0.2) is 14.6 Å². The molecule has 1 aromatic carbocycles. The predicted octanol–water partition coefficient (Wildman–Crippen LogP) is 1.38. The van der Waals surface area contributed by atoms with Crippen molar-refractivity contribution in [3.63, 3.8) is 0 Å². The lowest BCUT2D eigenvalue weighted by Crippen LogP contribution is -2.49. The van der Waals surface area contributed by atoms with Crippen LogP contribution in [0.3, 0.4) is 0 Å². The summed E-state index contributed by atoms with van der Waals surface area (Å²) in [4.78, 5) is 39.7. The summed E-state index contributed by atoms with van der Waals surface area (Å²) >= 11 is 0. The van der Waals surface area contributed by atoms with Gasteiger partial charge in [0, 0.05) is 23.7 Å². The van der Waals surface area contributed by atoms with E-state index in [4.69, 9.17) is 0 Å². The van der Waals surface area contributed by atoms with Gasteiger partial charge in [-0.2, -0.15) is 0 Å². The van der Waals surface area contributed by atoms with Crippen LogP contribution in [0.1, 0.15) is 16.9 Å². The summed E-state index contributed by atoms with van der Waals surface area (Å²) in [6.07, 6.45) is 1.54. The van der Waals surface area contributed by atoms with E-state index in [0.29, 0.717) is 16.5 Å². The molecule has 0 radical (unpaired) electrons. The molecule has 7 nitrogen and oxygen atoms in total. The first-order valence-electron chi connectivity index (χ1n) is 6.30. The van der Waals surface area contributed by atoms with Crippen LogP contribution in [0.5, 0.6) is 0 Å². The van der Waals surface area contributed by atoms with E-state index < -0.39 is 12.0 Å². The van der Waals surface area contributed by atoms with E-state index >= 15 is 0 Å². The number of aromatic nitrogens is 1. The summed E-state index contributed by atoms with van der Waals surface area (Å²) in [5, 5.41) is 12.5. The number of carbonyl (C=O) groups excluding carboxylic acids is 2. The minimum atomic E-state index is -1.13. The summed E-state index contributed by atoms with van der Waals surface area (Å²) < 4.78 is 0. The van der Waals surface area contributed by atoms with Gasteiger partial charge in [-0.15, -0.1) is 0 Å². The van der Waals surface area contributed by atoms with Crippen molar-refractivity contribution in [2.24, 2.45) is 0 Å². The molecule has 3 rings (SSSR count). The Kier molecular flexibility index (Phi) is 3.02. The highest BCUT2D eigenvalue weighted by molar-refractivity contribution is 6.12. The number of aromatic carboxylic acids is 1. The van der Waals surface area contributed by atoms with E-state index in [0.717, 1.165) is 0 Å². The fourth-order valence-corrected chi connectivity index (χ4v) is 2.36. The number of nitrogens with one attached hydrogen (secondary N) is 1. The lowest BCUT2D eigenvalue weighted by molar-refractivity contribution is -0.120. The number of carboxylic acid groups (broad SMARTS) is 1. The molecule has 2 aromatic rings. The Labute approximate surface area is 119 Å². The van der Waals surface area contributed by atoms with Crippen molar-refractivity contribution in [2.75, 3.05) is 11.4 Å². The highest BCUT2D eigenvalue weighted by Gasteiger charge is 2.26. The summed E-state index contributed by atoms with van der Waals surface area (Å²) in [5.41, 5.74) is 0.420. The number of fused-ring (bicyclic) bond motifs is 1. The van der Waals surface area contributed by atoms with Gasteiger partial charge in [0.2, 0.25) is 5.91 Å². The van der Waals surface area contributed by atoms with Crippen LogP contribution in [0.15, 0.2) is 30.5 Å². The third-order valence-corrected chi connectivity index (χ3v) is 3.32. The maximum absolute atomic E-state index is 11.9. The highest BCUT2D eigenvalue weighted by Crippen LogP contribution is 2.29. The Morgan fingerprint density at radius 1 is 1.24 bits per heavy atom. The van der Waals surface area contributed by atoms with Gasteiger partial charge in [-0.3, -0.25) is 15.0 Å². The Morgan fingerprint density at radius 2 is 1.95 bits per heavy atom. The standard InChI is InChI=1S/C14H11N3O4/c18-11-5-6-17(14(21)16-11)10-7-15-12(13(19)20)9-4-2-1-3-8(9)10/h1-4,7H,5-6H2,(H,19,20)(H,16,18,21). The zero-order valence-corrected chi connectivity index (χ0v) is 10.9. The first-order chi connectivity index (χ1) is 10.1. The maximum atomic E-state index is 11.9. The second-order valence-electron chi connectivity index (χ2n) is 4.60. The molecule has 0 atom stereocenters. The van der Waals surface area contributed by atoms with Crippen molar-refractivity contribution in [2.45, 2.75) is 6.42 Å². The van der Waals surface area contributed by atoms with Crippen molar-refractivity contribution >= 4 is 34.4 Å². The number of anilines is 1. The number of carboxylic acids is 1. The van der Waals surface area contributed by atoms with Gasteiger partial charge < -0.3 is 5.11 Å². The van der Waals surface area contributed by atoms with Crippen molar-refractivity contribution in [1.82, 2.24) is 10.3 Å². The molecule has 2 N–H and O–H groups in total. The van der Waals surface area contributed by atoms with Crippen LogP contribution >= 0.6 is 0 Å². The van der Waals surface area contributed by atoms with E-state index in [1.165, 1.54) is 11.1 Å². The van der Waals surface area contributed by atoms with E-state index in [2.05, 4.69) is 10.3 Å². The molecule has 3 amide bonds. The molecule has 0 saturated carbocycles. The van der Waals surface area contributed by atoms with E-state index in [1.807, 2.05) is 0 Å². The van der Waals surface area contributed by atoms with Crippen molar-refractivity contribution in [3.05, 3.63) is 36.2 Å². The Balaban J connectivity index is 2.16. The fraction of sp³-hybridized carbons (Fsp3) is 0.143. The van der Waals surface area contributed by atoms with Crippen LogP contribution in [0, 0.1) is 0 Å². The Hall–Kier alpha value is -2.96. The molecule has 1 saturated heterocycles. The zero-order chi connectivity index (χ0) is 15.0. The average Bonchev–Trinajstić information content (AvgIpc) is 2.46. The molecular formula is C14H11N3O4. The van der Waals surface area contributed by atoms with Gasteiger partial charge >= 0.3 is 12.0 Å². The molecule has 0 spiro atoms. The molecule has 1 aliphatic rings. The molecular weight excluding hydrogens is 274 g/mol. The summed E-state index contributed by atoms with van der Waals surface area (Å²) in [5.74, 6) is -1.45. The number of carbonyl (C=O) groups is 3. The van der Waals surface area contributed by atoms with Crippen molar-refractivity contribution in [3.8, 4) is 0 Å². The number of urea groups is 1. The van der Waals surface area contributed by atoms with Crippen molar-refractivity contribution < 1.29 is 19.5 Å². The maximum Gasteiger partial charge on any atom is 0.355 e. The highest BCUT2D eigenvalue weighted by atomic mass is 16.4. The second-order valence-corrected chi connectivity index (χ2v) is 4.60. The molecule has 0 unspecified atom stereocenters. The van der Waals surface area contributed by atoms with Crippen LogP contribution < -0.4 is 10.2 Å². The number of imide groups is 1. The smallest absolute Gasteiger partial charge is 0.355 e. The van der Waals surface area contributed by atoms with Gasteiger partial charge in [0.05, 0.1) is 11.9 Å². The summed E-state index contributed by atoms with van der Waals surface area (Å²) in [6, 6.07) is 6.30. The lowest BCUT2D eigenvalue weighted by atomic mass is 10.1. The number of benzene rings is 1. The number of rotatable bonds is 2. The number of pyridine rings is 1. The SMILES string of the molecule is O=C1CCN(c2cnc(C(=O)O)c3ccccc23)C(=O)N1. The largest absolute Gasteiger partial charge is 0.476 e. The Morgan fingerprint density at radius 3 is 2.62 bits per heavy atom. The van der Waals surface area contributed by atoms with Gasteiger partial charge in [-0.1, -0.05) is 24.3 Å². The molecule has 1 fully saturated rings. The monoisotopic (exact) mass is 285 g/mol. The number of amides is 3. The molecule has 1 aromatic heterocycles. The van der Waals surface area contributed by atoms with Crippen molar-refractivity contribution in [1.29, 1.82) is 0 Å². The van der Waals surface area contributed by atoms with E-state index in [9.17, 15) is 19.5 Å². The van der Waals surface area contributed by atoms with Gasteiger partial charge in [0.1, 0.15) is 0 Å². The molecule has 21 heavy (non-hydrogen) atoms. The second kappa shape index (κ2) is 4.86. The number of nitrogens with zero attached hydrogens (tertiary/aromatic N) is 2. The molecule has 7 heteroatoms. The molecule has 2 heterocycles. The molecule has 106 valence electrons. The number of hydrogen-bond donors (Lipinski definition) is 2. The topological polar surface area (TPSA) is 99.6 Å². The fourth-order valence-electron chi connectivity index (χ4n) is 2.36. The summed E-state index contributed by atoms with van der Waals surface area (Å²) in [6.45, 7) is 0.239. The van der Waals surface area contributed by atoms with E-state index in [-0.39, 0.29) is 24.6 Å². The minimum Gasteiger partial charge on any atom is -0.476 e. The lowest BCUT2D eigenvalue weighted by Gasteiger charge is -2.27. The van der Waals surface area contributed by atoms with Gasteiger partial charge in [0.15, 0.2) is 5.69 Å². The Bertz CT molecular complexity index is 772. The van der Waals surface area contributed by atoms with Crippen LogP contribution in [0.25, 0.3) is 10.8 Å². The van der Waals surface area contributed by atoms with Crippen LogP contribution in [0.4, 0.5) is 10.5 Å². The first-order valence-corrected chi connectivity index (χ1v) is 6.30. The third kappa shape index (κ3) is 2.18. The first kappa shape index (κ1) is 13.0. The van der Waals surface area contributed by atoms with Gasteiger partial charge in [0.25, 0.3) is 0 Å². The quantitative estimate of drug-likeness (QED) is 0.868. The minimum absolute atomic E-state index is 0.0668. The normalized spacial score (nSPS) is 15.1. The average molecular weight is 285 g/mol. The molecule has 0 bridgehead atoms. The van der Waals surface area contributed by atoms with Gasteiger partial charge in [-0.05, 0) is 0 Å². The summed E-state index contributed by atoms with van der Waals surface area (Å²) in [7, 11) is 0. The van der Waals surface area contributed by atoms with Crippen LogP contribution in [-0.2, 0) is 4.79 Å². The number of hydrogen-bond acceptors (Lipinski definition) is 4.